The maximum atomic E-state index is 12.7. The normalized spacial score (nSPS) is 12.4. The van der Waals surface area contributed by atoms with E-state index in [4.69, 9.17) is 14.2 Å². The second-order valence-corrected chi connectivity index (χ2v) is 18.1. The van der Waals surface area contributed by atoms with Crippen LogP contribution in [0, 0.1) is 5.92 Å². The molecule has 0 heterocycles. The van der Waals surface area contributed by atoms with E-state index < -0.39 is 6.10 Å². The van der Waals surface area contributed by atoms with Crippen molar-refractivity contribution >= 4 is 17.9 Å². The number of ether oxygens (including phenoxy) is 3. The summed E-state index contributed by atoms with van der Waals surface area (Å²) in [5.74, 6) is 0.0492. The molecule has 1 unspecified atom stereocenters. The lowest BCUT2D eigenvalue weighted by Crippen LogP contribution is -2.30. The van der Waals surface area contributed by atoms with Crippen LogP contribution in [0.2, 0.25) is 0 Å². The van der Waals surface area contributed by atoms with Gasteiger partial charge < -0.3 is 14.2 Å². The van der Waals surface area contributed by atoms with Gasteiger partial charge in [-0.15, -0.1) is 0 Å². The van der Waals surface area contributed by atoms with Gasteiger partial charge in [0, 0.05) is 19.3 Å². The predicted octanol–water partition coefficient (Wildman–Crippen LogP) is 16.7. The number of rotatable bonds is 47. The third-order valence-electron chi connectivity index (χ3n) is 12.2. The van der Waals surface area contributed by atoms with E-state index in [1.54, 1.807) is 0 Å². The van der Waals surface area contributed by atoms with Crippen LogP contribution in [0.3, 0.4) is 0 Å². The largest absolute Gasteiger partial charge is 0.462 e. The third kappa shape index (κ3) is 44.0. The maximum Gasteiger partial charge on any atom is 0.306 e. The maximum absolute atomic E-state index is 12.7. The first-order valence-electron chi connectivity index (χ1n) is 25.9. The van der Waals surface area contributed by atoms with E-state index in [2.05, 4.69) is 27.7 Å². The molecule has 0 aromatic heterocycles. The Morgan fingerprint density at radius 3 is 0.897 bits per heavy atom. The van der Waals surface area contributed by atoms with E-state index >= 15 is 0 Å². The zero-order valence-electron chi connectivity index (χ0n) is 39.5. The Bertz CT molecular complexity index is 874. The van der Waals surface area contributed by atoms with Gasteiger partial charge in [-0.2, -0.15) is 0 Å². The first-order valence-corrected chi connectivity index (χ1v) is 25.9. The summed E-state index contributed by atoms with van der Waals surface area (Å²) >= 11 is 0. The third-order valence-corrected chi connectivity index (χ3v) is 12.2. The molecule has 0 aliphatic rings. The summed E-state index contributed by atoms with van der Waals surface area (Å²) in [5.41, 5.74) is 0. The van der Waals surface area contributed by atoms with Crippen LogP contribution in [0.25, 0.3) is 0 Å². The number of unbranched alkanes of at least 4 members (excludes halogenated alkanes) is 33. The SMILES string of the molecule is CCCCCCCCCCCCCCCC(=O)OC[C@@H](COC(=O)CCCCCCC)OC(=O)CCCCCCCCCCCCCCCCCCCCC(C)CC. The molecule has 6 nitrogen and oxygen atoms in total. The Morgan fingerprint density at radius 1 is 0.345 bits per heavy atom. The Kier molecular flexibility index (Phi) is 45.2. The van der Waals surface area contributed by atoms with Crippen molar-refractivity contribution in [2.24, 2.45) is 5.92 Å². The van der Waals surface area contributed by atoms with Crippen molar-refractivity contribution in [1.29, 1.82) is 0 Å². The van der Waals surface area contributed by atoms with Gasteiger partial charge in [-0.3, -0.25) is 14.4 Å². The first kappa shape index (κ1) is 56.4. The number of hydrogen-bond acceptors (Lipinski definition) is 6. The highest BCUT2D eigenvalue weighted by molar-refractivity contribution is 5.71. The quantitative estimate of drug-likeness (QED) is 0.0346. The molecular formula is C52H100O6. The molecule has 344 valence electrons. The minimum Gasteiger partial charge on any atom is -0.462 e. The fourth-order valence-corrected chi connectivity index (χ4v) is 7.83. The smallest absolute Gasteiger partial charge is 0.306 e. The number of carbonyl (C=O) groups excluding carboxylic acids is 3. The summed E-state index contributed by atoms with van der Waals surface area (Å²) in [6.45, 7) is 9.00. The van der Waals surface area contributed by atoms with Crippen molar-refractivity contribution in [3.63, 3.8) is 0 Å². The van der Waals surface area contributed by atoms with E-state index in [1.807, 2.05) is 0 Å². The van der Waals surface area contributed by atoms with Gasteiger partial charge >= 0.3 is 17.9 Å². The Morgan fingerprint density at radius 2 is 0.603 bits per heavy atom. The fourth-order valence-electron chi connectivity index (χ4n) is 7.83. The summed E-state index contributed by atoms with van der Waals surface area (Å²) in [5, 5.41) is 0. The van der Waals surface area contributed by atoms with Crippen molar-refractivity contribution in [3.8, 4) is 0 Å². The molecule has 0 rings (SSSR count). The molecule has 0 amide bonds. The van der Waals surface area contributed by atoms with Gasteiger partial charge in [-0.1, -0.05) is 252 Å². The molecule has 0 N–H and O–H groups in total. The highest BCUT2D eigenvalue weighted by Gasteiger charge is 2.19. The zero-order valence-corrected chi connectivity index (χ0v) is 39.5. The van der Waals surface area contributed by atoms with Gasteiger partial charge in [0.1, 0.15) is 13.2 Å². The molecule has 0 bridgehead atoms. The van der Waals surface area contributed by atoms with E-state index in [0.29, 0.717) is 19.3 Å². The van der Waals surface area contributed by atoms with Gasteiger partial charge in [-0.05, 0) is 25.2 Å². The Hall–Kier alpha value is -1.59. The molecule has 0 fully saturated rings. The van der Waals surface area contributed by atoms with Crippen LogP contribution in [-0.4, -0.2) is 37.2 Å². The second kappa shape index (κ2) is 46.5. The lowest BCUT2D eigenvalue weighted by molar-refractivity contribution is -0.167. The highest BCUT2D eigenvalue weighted by Crippen LogP contribution is 2.18. The minimum atomic E-state index is -0.758. The Balaban J connectivity index is 4.06. The van der Waals surface area contributed by atoms with Crippen molar-refractivity contribution < 1.29 is 28.6 Å². The van der Waals surface area contributed by atoms with Crippen LogP contribution in [0.5, 0.6) is 0 Å². The van der Waals surface area contributed by atoms with Crippen LogP contribution in [0.1, 0.15) is 291 Å². The van der Waals surface area contributed by atoms with Crippen molar-refractivity contribution in [2.45, 2.75) is 297 Å². The van der Waals surface area contributed by atoms with Gasteiger partial charge in [0.15, 0.2) is 6.10 Å². The van der Waals surface area contributed by atoms with Gasteiger partial charge in [-0.25, -0.2) is 0 Å². The fraction of sp³-hybridized carbons (Fsp3) is 0.942. The van der Waals surface area contributed by atoms with Crippen LogP contribution in [0.4, 0.5) is 0 Å². The summed E-state index contributed by atoms with van der Waals surface area (Å²) in [7, 11) is 0. The summed E-state index contributed by atoms with van der Waals surface area (Å²) < 4.78 is 16.7. The molecular weight excluding hydrogens is 721 g/mol. The molecule has 0 saturated carbocycles. The summed E-state index contributed by atoms with van der Waals surface area (Å²) in [6.07, 6.45) is 48.3. The number of hydrogen-bond donors (Lipinski definition) is 0. The summed E-state index contributed by atoms with van der Waals surface area (Å²) in [6, 6.07) is 0. The van der Waals surface area contributed by atoms with Gasteiger partial charge in [0.25, 0.3) is 0 Å². The monoisotopic (exact) mass is 821 g/mol. The van der Waals surface area contributed by atoms with Gasteiger partial charge in [0.2, 0.25) is 0 Å². The molecule has 0 aliphatic carbocycles. The number of esters is 3. The zero-order chi connectivity index (χ0) is 42.4. The van der Waals surface area contributed by atoms with E-state index in [-0.39, 0.29) is 31.1 Å². The first-order chi connectivity index (χ1) is 28.4. The van der Waals surface area contributed by atoms with Crippen LogP contribution in [-0.2, 0) is 28.6 Å². The average molecular weight is 821 g/mol. The molecule has 0 radical (unpaired) electrons. The highest BCUT2D eigenvalue weighted by atomic mass is 16.6. The molecule has 0 aromatic carbocycles. The van der Waals surface area contributed by atoms with E-state index in [0.717, 1.165) is 70.1 Å². The molecule has 58 heavy (non-hydrogen) atoms. The van der Waals surface area contributed by atoms with Gasteiger partial charge in [0.05, 0.1) is 0 Å². The lowest BCUT2D eigenvalue weighted by Gasteiger charge is -2.18. The minimum absolute atomic E-state index is 0.0639. The lowest BCUT2D eigenvalue weighted by atomic mass is 9.99. The van der Waals surface area contributed by atoms with Crippen LogP contribution < -0.4 is 0 Å². The molecule has 6 heteroatoms. The molecule has 0 saturated heterocycles. The molecule has 0 aromatic rings. The second-order valence-electron chi connectivity index (χ2n) is 18.1. The number of carbonyl (C=O) groups is 3. The van der Waals surface area contributed by atoms with Crippen molar-refractivity contribution in [3.05, 3.63) is 0 Å². The predicted molar refractivity (Wildman–Crippen MR) is 247 cm³/mol. The average Bonchev–Trinajstić information content (AvgIpc) is 3.22. The summed E-state index contributed by atoms with van der Waals surface area (Å²) in [4.78, 5) is 37.6. The molecule has 0 spiro atoms. The van der Waals surface area contributed by atoms with Crippen molar-refractivity contribution in [1.82, 2.24) is 0 Å². The standard InChI is InChI=1S/C52H100O6/c1-5-8-10-12-13-14-15-22-26-29-32-36-40-44-51(54)57-47-49(46-56-50(53)43-39-34-11-9-6-2)58-52(55)45-41-37-33-30-27-24-21-19-17-16-18-20-23-25-28-31-35-38-42-48(4)7-3/h48-49H,5-47H2,1-4H3/t48?,49-/m1/s1. The van der Waals surface area contributed by atoms with Crippen molar-refractivity contribution in [2.75, 3.05) is 13.2 Å². The molecule has 2 atom stereocenters. The Labute approximate surface area is 361 Å². The van der Waals surface area contributed by atoms with Crippen LogP contribution in [0.15, 0.2) is 0 Å². The van der Waals surface area contributed by atoms with Crippen LogP contribution >= 0.6 is 0 Å². The van der Waals surface area contributed by atoms with E-state index in [9.17, 15) is 14.4 Å². The van der Waals surface area contributed by atoms with E-state index in [1.165, 1.54) is 180 Å². The topological polar surface area (TPSA) is 78.9 Å². The molecule has 0 aliphatic heterocycles.